The Morgan fingerprint density at radius 3 is 2.68 bits per heavy atom. The van der Waals surface area contributed by atoms with E-state index in [-0.39, 0.29) is 17.7 Å². The van der Waals surface area contributed by atoms with Gasteiger partial charge in [0.2, 0.25) is 5.91 Å². The monoisotopic (exact) mass is 313 g/mol. The van der Waals surface area contributed by atoms with Crippen LogP contribution in [0, 0.1) is 5.92 Å². The molecule has 1 aromatic heterocycles. The Morgan fingerprint density at radius 2 is 2.05 bits per heavy atom. The number of rotatable bonds is 3. The van der Waals surface area contributed by atoms with Crippen molar-refractivity contribution in [1.82, 2.24) is 9.59 Å². The largest absolute Gasteiger partial charge is 0.315 e. The number of benzene rings is 1. The Hall–Kier alpha value is -1.17. The Kier molecular flexibility index (Phi) is 3.43. The van der Waals surface area contributed by atoms with E-state index < -0.39 is 0 Å². The fourth-order valence-electron chi connectivity index (χ4n) is 2.08. The molecule has 2 aromatic rings. The van der Waals surface area contributed by atoms with Crippen molar-refractivity contribution in [2.24, 2.45) is 5.92 Å². The molecule has 1 aliphatic rings. The summed E-state index contributed by atoms with van der Waals surface area (Å²) in [7, 11) is 0. The third kappa shape index (κ3) is 2.88. The molecule has 0 spiro atoms. The van der Waals surface area contributed by atoms with E-state index in [0.717, 1.165) is 23.5 Å². The number of hydrogen-bond donors (Lipinski definition) is 1. The molecule has 0 saturated heterocycles. The van der Waals surface area contributed by atoms with Crippen LogP contribution in [0.4, 0.5) is 5.00 Å². The van der Waals surface area contributed by atoms with Crippen LogP contribution in [0.2, 0.25) is 10.0 Å². The fourth-order valence-corrected chi connectivity index (χ4v) is 3.04. The lowest BCUT2D eigenvalue weighted by molar-refractivity contribution is -0.117. The second kappa shape index (κ2) is 5.07. The summed E-state index contributed by atoms with van der Waals surface area (Å²) in [5, 5.41) is 8.34. The minimum Gasteiger partial charge on any atom is -0.315 e. The highest BCUT2D eigenvalue weighted by atomic mass is 35.5. The van der Waals surface area contributed by atoms with Crippen LogP contribution in [0.1, 0.15) is 17.9 Å². The van der Waals surface area contributed by atoms with Crippen LogP contribution < -0.4 is 5.32 Å². The second-order valence-corrected chi connectivity index (χ2v) is 6.08. The Labute approximate surface area is 123 Å². The van der Waals surface area contributed by atoms with Crippen molar-refractivity contribution >= 4 is 45.6 Å². The van der Waals surface area contributed by atoms with Crippen molar-refractivity contribution in [2.75, 3.05) is 5.32 Å². The van der Waals surface area contributed by atoms with E-state index in [1.54, 1.807) is 6.07 Å². The van der Waals surface area contributed by atoms with Gasteiger partial charge in [0.15, 0.2) is 0 Å². The van der Waals surface area contributed by atoms with E-state index in [1.807, 2.05) is 12.1 Å². The fraction of sp³-hybridized carbons (Fsp3) is 0.250. The zero-order valence-electron chi connectivity index (χ0n) is 9.64. The molecule has 98 valence electrons. The van der Waals surface area contributed by atoms with Crippen molar-refractivity contribution in [1.29, 1.82) is 0 Å². The molecular weight excluding hydrogens is 305 g/mol. The summed E-state index contributed by atoms with van der Waals surface area (Å²) in [6, 6.07) is 5.41. The average molecular weight is 314 g/mol. The third-order valence-corrected chi connectivity index (χ3v) is 4.06. The Balaban J connectivity index is 1.68. The van der Waals surface area contributed by atoms with Gasteiger partial charge < -0.3 is 5.32 Å². The lowest BCUT2D eigenvalue weighted by Crippen LogP contribution is -2.13. The number of anilines is 1. The lowest BCUT2D eigenvalue weighted by Gasteiger charge is -2.03. The van der Waals surface area contributed by atoms with Crippen molar-refractivity contribution in [3.8, 4) is 0 Å². The summed E-state index contributed by atoms with van der Waals surface area (Å²) in [5.74, 6) is 0.154. The molecule has 1 saturated carbocycles. The van der Waals surface area contributed by atoms with Crippen LogP contribution in [-0.4, -0.2) is 15.5 Å². The van der Waals surface area contributed by atoms with Gasteiger partial charge in [0, 0.05) is 27.5 Å². The first-order chi connectivity index (χ1) is 9.13. The molecule has 1 aliphatic carbocycles. The van der Waals surface area contributed by atoms with E-state index in [1.165, 1.54) is 6.20 Å². The first-order valence-corrected chi connectivity index (χ1v) is 7.20. The highest BCUT2D eigenvalue weighted by molar-refractivity contribution is 7.10. The van der Waals surface area contributed by atoms with Crippen LogP contribution in [0.15, 0.2) is 24.4 Å². The molecule has 1 N–H and O–H groups in total. The van der Waals surface area contributed by atoms with Gasteiger partial charge in [0.05, 0.1) is 6.20 Å². The summed E-state index contributed by atoms with van der Waals surface area (Å²) in [6.07, 6.45) is 2.35. The SMILES string of the molecule is O=C(Nc1cnns1)C1CC1c1cc(Cl)cc(Cl)c1. The number of amides is 1. The highest BCUT2D eigenvalue weighted by Gasteiger charge is 2.44. The molecule has 0 radical (unpaired) electrons. The van der Waals surface area contributed by atoms with E-state index in [2.05, 4.69) is 14.9 Å². The van der Waals surface area contributed by atoms with Crippen molar-refractivity contribution in [3.63, 3.8) is 0 Å². The minimum atomic E-state index is -0.0309. The van der Waals surface area contributed by atoms with Gasteiger partial charge in [-0.2, -0.15) is 0 Å². The quantitative estimate of drug-likeness (QED) is 0.942. The summed E-state index contributed by atoms with van der Waals surface area (Å²) in [4.78, 5) is 12.0. The summed E-state index contributed by atoms with van der Waals surface area (Å²) in [5.41, 5.74) is 1.01. The zero-order chi connectivity index (χ0) is 13.4. The average Bonchev–Trinajstić information content (AvgIpc) is 3.00. The van der Waals surface area contributed by atoms with E-state index >= 15 is 0 Å². The van der Waals surface area contributed by atoms with Crippen LogP contribution in [0.3, 0.4) is 0 Å². The summed E-state index contributed by atoms with van der Waals surface area (Å²) in [6.45, 7) is 0. The number of carbonyl (C=O) groups is 1. The van der Waals surface area contributed by atoms with Crippen LogP contribution in [0.5, 0.6) is 0 Å². The van der Waals surface area contributed by atoms with E-state index in [4.69, 9.17) is 23.2 Å². The van der Waals surface area contributed by atoms with Gasteiger partial charge in [0.1, 0.15) is 5.00 Å². The molecular formula is C12H9Cl2N3OS. The molecule has 3 rings (SSSR count). The minimum absolute atomic E-state index is 0.00727. The molecule has 2 unspecified atom stereocenters. The lowest BCUT2D eigenvalue weighted by atomic mass is 10.1. The van der Waals surface area contributed by atoms with Gasteiger partial charge in [-0.05, 0) is 36.1 Å². The number of nitrogens with zero attached hydrogens (tertiary/aromatic N) is 2. The maximum Gasteiger partial charge on any atom is 0.228 e. The molecule has 7 heteroatoms. The molecule has 1 aromatic carbocycles. The first-order valence-electron chi connectivity index (χ1n) is 5.67. The Bertz CT molecular complexity index is 597. The maximum absolute atomic E-state index is 12.0. The Morgan fingerprint density at radius 1 is 1.32 bits per heavy atom. The van der Waals surface area contributed by atoms with Crippen LogP contribution in [-0.2, 0) is 4.79 Å². The number of hydrogen-bond acceptors (Lipinski definition) is 4. The number of halogens is 2. The van der Waals surface area contributed by atoms with Gasteiger partial charge >= 0.3 is 0 Å². The number of aromatic nitrogens is 2. The summed E-state index contributed by atoms with van der Waals surface area (Å²) >= 11 is 13.1. The van der Waals surface area contributed by atoms with Crippen molar-refractivity contribution < 1.29 is 4.79 Å². The second-order valence-electron chi connectivity index (χ2n) is 4.42. The maximum atomic E-state index is 12.0. The molecule has 1 heterocycles. The van der Waals surface area contributed by atoms with Gasteiger partial charge in [-0.25, -0.2) is 0 Å². The van der Waals surface area contributed by atoms with Gasteiger partial charge in [-0.1, -0.05) is 27.7 Å². The van der Waals surface area contributed by atoms with Gasteiger partial charge in [-0.15, -0.1) is 5.10 Å². The topological polar surface area (TPSA) is 54.9 Å². The third-order valence-electron chi connectivity index (χ3n) is 3.05. The van der Waals surface area contributed by atoms with Crippen molar-refractivity contribution in [2.45, 2.75) is 12.3 Å². The summed E-state index contributed by atoms with van der Waals surface area (Å²) < 4.78 is 3.70. The van der Waals surface area contributed by atoms with E-state index in [9.17, 15) is 4.79 Å². The van der Waals surface area contributed by atoms with Gasteiger partial charge in [0.25, 0.3) is 0 Å². The standard InChI is InChI=1S/C12H9Cl2N3OS/c13-7-1-6(2-8(14)3-7)9-4-10(9)12(18)16-11-5-15-17-19-11/h1-3,5,9-10H,4H2,(H,16,18). The molecule has 19 heavy (non-hydrogen) atoms. The molecule has 0 bridgehead atoms. The normalized spacial score (nSPS) is 21.2. The van der Waals surface area contributed by atoms with Gasteiger partial charge in [-0.3, -0.25) is 4.79 Å². The molecule has 0 aliphatic heterocycles. The van der Waals surface area contributed by atoms with E-state index in [0.29, 0.717) is 15.0 Å². The molecule has 4 nitrogen and oxygen atoms in total. The first kappa shape index (κ1) is 12.8. The highest BCUT2D eigenvalue weighted by Crippen LogP contribution is 2.49. The molecule has 2 atom stereocenters. The predicted molar refractivity (Wildman–Crippen MR) is 75.8 cm³/mol. The zero-order valence-corrected chi connectivity index (χ0v) is 12.0. The molecule has 1 amide bonds. The smallest absolute Gasteiger partial charge is 0.228 e. The van der Waals surface area contributed by atoms with Crippen LogP contribution in [0.25, 0.3) is 0 Å². The number of nitrogens with one attached hydrogen (secondary N) is 1. The molecule has 1 fully saturated rings. The van der Waals surface area contributed by atoms with Crippen molar-refractivity contribution in [3.05, 3.63) is 40.0 Å². The number of carbonyl (C=O) groups excluding carboxylic acids is 1. The van der Waals surface area contributed by atoms with Crippen LogP contribution >= 0.6 is 34.7 Å². The predicted octanol–water partition coefficient (Wildman–Crippen LogP) is 3.59.